The van der Waals surface area contributed by atoms with Crippen molar-refractivity contribution in [2.45, 2.75) is 49.6 Å². The van der Waals surface area contributed by atoms with Gasteiger partial charge in [-0.1, -0.05) is 30.0 Å². The third-order valence-electron chi connectivity index (χ3n) is 5.17. The standard InChI is InChI=1S/C21H27N3O3S2/c1-15-6-7-18(12-16(15)2)17(3)23-20(25)14-28-21-9-8-19(13-22-21)29(26,27)24-10-4-5-11-24/h6-9,12-13,17H,4-5,10-11,14H2,1-3H3,(H,23,25). The third-order valence-corrected chi connectivity index (χ3v) is 8.00. The molecule has 1 aliphatic rings. The number of rotatable bonds is 7. The minimum Gasteiger partial charge on any atom is -0.349 e. The number of nitrogens with zero attached hydrogens (tertiary/aromatic N) is 2. The van der Waals surface area contributed by atoms with Crippen molar-refractivity contribution >= 4 is 27.7 Å². The lowest BCUT2D eigenvalue weighted by molar-refractivity contribution is -0.119. The Morgan fingerprint density at radius 1 is 1.17 bits per heavy atom. The molecule has 156 valence electrons. The molecule has 1 unspecified atom stereocenters. The van der Waals surface area contributed by atoms with Gasteiger partial charge in [-0.2, -0.15) is 4.31 Å². The first-order chi connectivity index (χ1) is 13.8. The number of aryl methyl sites for hydroxylation is 2. The van der Waals surface area contributed by atoms with Crippen molar-refractivity contribution in [2.75, 3.05) is 18.8 Å². The van der Waals surface area contributed by atoms with Crippen LogP contribution in [0.25, 0.3) is 0 Å². The molecule has 29 heavy (non-hydrogen) atoms. The number of benzene rings is 1. The quantitative estimate of drug-likeness (QED) is 0.677. The minimum atomic E-state index is -3.46. The second kappa shape index (κ2) is 9.28. The maximum absolute atomic E-state index is 12.5. The highest BCUT2D eigenvalue weighted by Gasteiger charge is 2.27. The van der Waals surface area contributed by atoms with Gasteiger partial charge in [-0.25, -0.2) is 13.4 Å². The summed E-state index contributed by atoms with van der Waals surface area (Å²) in [5, 5.41) is 3.62. The van der Waals surface area contributed by atoms with Crippen molar-refractivity contribution in [3.63, 3.8) is 0 Å². The van der Waals surface area contributed by atoms with E-state index in [2.05, 4.69) is 36.3 Å². The second-order valence-corrected chi connectivity index (χ2v) is 10.3. The first kappa shape index (κ1) is 21.8. The zero-order chi connectivity index (χ0) is 21.0. The van der Waals surface area contributed by atoms with Gasteiger partial charge in [0.1, 0.15) is 4.90 Å². The molecular weight excluding hydrogens is 406 g/mol. The Hall–Kier alpha value is -1.90. The van der Waals surface area contributed by atoms with E-state index >= 15 is 0 Å². The molecule has 1 fully saturated rings. The fraction of sp³-hybridized carbons (Fsp3) is 0.429. The SMILES string of the molecule is Cc1ccc(C(C)NC(=O)CSc2ccc(S(=O)(=O)N3CCCC3)cn2)cc1C. The lowest BCUT2D eigenvalue weighted by Crippen LogP contribution is -2.28. The van der Waals surface area contributed by atoms with Crippen LogP contribution in [0.3, 0.4) is 0 Å². The Morgan fingerprint density at radius 3 is 2.52 bits per heavy atom. The molecule has 1 aromatic carbocycles. The van der Waals surface area contributed by atoms with Crippen LogP contribution in [0.5, 0.6) is 0 Å². The largest absolute Gasteiger partial charge is 0.349 e. The Bertz CT molecular complexity index is 969. The van der Waals surface area contributed by atoms with Crippen LogP contribution in [0.1, 0.15) is 42.5 Å². The molecule has 1 amide bonds. The van der Waals surface area contributed by atoms with Crippen LogP contribution in [0.4, 0.5) is 0 Å². The van der Waals surface area contributed by atoms with Crippen LogP contribution < -0.4 is 5.32 Å². The Balaban J connectivity index is 1.54. The maximum Gasteiger partial charge on any atom is 0.244 e. The van der Waals surface area contributed by atoms with E-state index in [1.807, 2.05) is 13.0 Å². The van der Waals surface area contributed by atoms with E-state index in [-0.39, 0.29) is 22.6 Å². The highest BCUT2D eigenvalue weighted by molar-refractivity contribution is 7.99. The van der Waals surface area contributed by atoms with E-state index in [4.69, 9.17) is 0 Å². The summed E-state index contributed by atoms with van der Waals surface area (Å²) in [6, 6.07) is 9.33. The zero-order valence-electron chi connectivity index (χ0n) is 17.0. The van der Waals surface area contributed by atoms with Crippen molar-refractivity contribution in [1.82, 2.24) is 14.6 Å². The van der Waals surface area contributed by atoms with Crippen molar-refractivity contribution < 1.29 is 13.2 Å². The smallest absolute Gasteiger partial charge is 0.244 e. The van der Waals surface area contributed by atoms with E-state index in [1.165, 1.54) is 33.4 Å². The van der Waals surface area contributed by atoms with Crippen LogP contribution in [0.15, 0.2) is 46.5 Å². The Labute approximate surface area is 177 Å². The molecule has 0 spiro atoms. The number of carbonyl (C=O) groups excluding carboxylic acids is 1. The van der Waals surface area contributed by atoms with Gasteiger partial charge in [0.2, 0.25) is 15.9 Å². The van der Waals surface area contributed by atoms with Gasteiger partial charge in [0, 0.05) is 19.3 Å². The highest BCUT2D eigenvalue weighted by Crippen LogP contribution is 2.23. The number of amides is 1. The molecule has 2 heterocycles. The van der Waals surface area contributed by atoms with Gasteiger partial charge in [-0.05, 0) is 62.4 Å². The predicted molar refractivity (Wildman–Crippen MR) is 115 cm³/mol. The van der Waals surface area contributed by atoms with Crippen LogP contribution in [0.2, 0.25) is 0 Å². The normalized spacial score (nSPS) is 16.0. The predicted octanol–water partition coefficient (Wildman–Crippen LogP) is 3.45. The molecular formula is C21H27N3O3S2. The number of pyridine rings is 1. The van der Waals surface area contributed by atoms with Crippen molar-refractivity contribution in [1.29, 1.82) is 0 Å². The average molecular weight is 434 g/mol. The van der Waals surface area contributed by atoms with Gasteiger partial charge in [0.25, 0.3) is 0 Å². The third kappa shape index (κ3) is 5.38. The van der Waals surface area contributed by atoms with Crippen LogP contribution >= 0.6 is 11.8 Å². The van der Waals surface area contributed by atoms with E-state index in [9.17, 15) is 13.2 Å². The number of aromatic nitrogens is 1. The highest BCUT2D eigenvalue weighted by atomic mass is 32.2. The first-order valence-corrected chi connectivity index (χ1v) is 12.2. The first-order valence-electron chi connectivity index (χ1n) is 9.73. The van der Waals surface area contributed by atoms with E-state index in [1.54, 1.807) is 12.1 Å². The minimum absolute atomic E-state index is 0.0802. The van der Waals surface area contributed by atoms with E-state index < -0.39 is 10.0 Å². The maximum atomic E-state index is 12.5. The summed E-state index contributed by atoms with van der Waals surface area (Å²) in [5.41, 5.74) is 3.50. The molecule has 1 aromatic heterocycles. The molecule has 1 atom stereocenters. The second-order valence-electron chi connectivity index (χ2n) is 7.36. The number of nitrogens with one attached hydrogen (secondary N) is 1. The fourth-order valence-corrected chi connectivity index (χ4v) is 5.34. The number of carbonyl (C=O) groups is 1. The van der Waals surface area contributed by atoms with Gasteiger partial charge in [0.05, 0.1) is 16.8 Å². The van der Waals surface area contributed by atoms with E-state index in [0.717, 1.165) is 18.4 Å². The molecule has 0 bridgehead atoms. The van der Waals surface area contributed by atoms with Gasteiger partial charge in [-0.3, -0.25) is 4.79 Å². The molecule has 0 radical (unpaired) electrons. The summed E-state index contributed by atoms with van der Waals surface area (Å²) >= 11 is 1.29. The van der Waals surface area contributed by atoms with Gasteiger partial charge in [0.15, 0.2) is 0 Å². The summed E-state index contributed by atoms with van der Waals surface area (Å²) < 4.78 is 26.6. The molecule has 1 saturated heterocycles. The number of sulfonamides is 1. The Kier molecular flexibility index (Phi) is 6.97. The topological polar surface area (TPSA) is 79.4 Å². The lowest BCUT2D eigenvalue weighted by Gasteiger charge is -2.16. The lowest BCUT2D eigenvalue weighted by atomic mass is 10.0. The fourth-order valence-electron chi connectivity index (χ4n) is 3.22. The van der Waals surface area contributed by atoms with Crippen LogP contribution in [0, 0.1) is 13.8 Å². The summed E-state index contributed by atoms with van der Waals surface area (Å²) in [4.78, 5) is 16.7. The van der Waals surface area contributed by atoms with Gasteiger partial charge < -0.3 is 5.32 Å². The van der Waals surface area contributed by atoms with Crippen molar-refractivity contribution in [2.24, 2.45) is 0 Å². The average Bonchev–Trinajstić information content (AvgIpc) is 3.24. The number of thioether (sulfide) groups is 1. The Morgan fingerprint density at radius 2 is 1.90 bits per heavy atom. The molecule has 1 aliphatic heterocycles. The summed E-state index contributed by atoms with van der Waals surface area (Å²) in [6.45, 7) is 7.22. The molecule has 6 nitrogen and oxygen atoms in total. The van der Waals surface area contributed by atoms with E-state index in [0.29, 0.717) is 18.1 Å². The summed E-state index contributed by atoms with van der Waals surface area (Å²) in [6.07, 6.45) is 3.18. The molecule has 1 N–H and O–H groups in total. The molecule has 8 heteroatoms. The zero-order valence-corrected chi connectivity index (χ0v) is 18.6. The molecule has 0 saturated carbocycles. The van der Waals surface area contributed by atoms with Crippen molar-refractivity contribution in [3.05, 3.63) is 53.2 Å². The molecule has 0 aliphatic carbocycles. The number of hydrogen-bond acceptors (Lipinski definition) is 5. The summed E-state index contributed by atoms with van der Waals surface area (Å²) in [7, 11) is -3.46. The van der Waals surface area contributed by atoms with Gasteiger partial charge >= 0.3 is 0 Å². The summed E-state index contributed by atoms with van der Waals surface area (Å²) in [5.74, 6) is 0.136. The van der Waals surface area contributed by atoms with Crippen LogP contribution in [-0.2, 0) is 14.8 Å². The molecule has 2 aromatic rings. The van der Waals surface area contributed by atoms with Crippen molar-refractivity contribution in [3.8, 4) is 0 Å². The van der Waals surface area contributed by atoms with Crippen LogP contribution in [-0.4, -0.2) is 42.5 Å². The monoisotopic (exact) mass is 433 g/mol. The number of hydrogen-bond donors (Lipinski definition) is 1. The van der Waals surface area contributed by atoms with Gasteiger partial charge in [-0.15, -0.1) is 0 Å². The molecule has 3 rings (SSSR count).